The maximum absolute atomic E-state index is 6.05. The predicted molar refractivity (Wildman–Crippen MR) is 119 cm³/mol. The van der Waals surface area contributed by atoms with Gasteiger partial charge in [-0.25, -0.2) is 0 Å². The van der Waals surface area contributed by atoms with Crippen molar-refractivity contribution in [1.82, 2.24) is 4.90 Å². The summed E-state index contributed by atoms with van der Waals surface area (Å²) in [7, 11) is 0. The Kier molecular flexibility index (Phi) is 6.26. The van der Waals surface area contributed by atoms with Crippen LogP contribution in [0, 0.1) is 0 Å². The third-order valence-electron chi connectivity index (χ3n) is 5.52. The van der Waals surface area contributed by atoms with Crippen molar-refractivity contribution in [3.05, 3.63) is 108 Å². The molecular weight excluding hydrogens is 410 g/mol. The Morgan fingerprint density at radius 1 is 0.750 bits per heavy atom. The van der Waals surface area contributed by atoms with Gasteiger partial charge in [0.15, 0.2) is 0 Å². The molecule has 1 aliphatic heterocycles. The fourth-order valence-corrected chi connectivity index (χ4v) is 4.55. The zero-order valence-electron chi connectivity index (χ0n) is 16.0. The van der Waals surface area contributed by atoms with E-state index in [0.29, 0.717) is 6.04 Å². The molecule has 4 rings (SSSR count). The second-order valence-electron chi connectivity index (χ2n) is 7.57. The molecule has 28 heavy (non-hydrogen) atoms. The number of ether oxygens (including phenoxy) is 1. The molecule has 0 unspecified atom stereocenters. The van der Waals surface area contributed by atoms with Crippen LogP contribution in [0.3, 0.4) is 0 Å². The number of nitrogens with zero attached hydrogens (tertiary/aromatic N) is 1. The highest BCUT2D eigenvalue weighted by Crippen LogP contribution is 2.38. The minimum absolute atomic E-state index is 0.112. The molecule has 3 heteroatoms. The van der Waals surface area contributed by atoms with Crippen molar-refractivity contribution in [3.8, 4) is 0 Å². The number of hydrogen-bond acceptors (Lipinski definition) is 2. The van der Waals surface area contributed by atoms with Crippen LogP contribution in [0.5, 0.6) is 0 Å². The standard InChI is InChI=1S/C25H26BrNO/c26-19-25(20-28-25)24(16-21-10-4-1-5-11-21)27(17-22-12-6-2-7-13-22)18-23-14-8-3-9-15-23/h1-15,24H,16-20H2/t24-,25+/m0/s1. The Morgan fingerprint density at radius 3 is 1.57 bits per heavy atom. The quantitative estimate of drug-likeness (QED) is 0.327. The van der Waals surface area contributed by atoms with E-state index in [9.17, 15) is 0 Å². The summed E-state index contributed by atoms with van der Waals surface area (Å²) in [5, 5.41) is 0.859. The van der Waals surface area contributed by atoms with Gasteiger partial charge >= 0.3 is 0 Å². The van der Waals surface area contributed by atoms with E-state index in [1.807, 2.05) is 0 Å². The van der Waals surface area contributed by atoms with Crippen molar-refractivity contribution >= 4 is 15.9 Å². The van der Waals surface area contributed by atoms with Gasteiger partial charge in [0, 0.05) is 24.5 Å². The van der Waals surface area contributed by atoms with Crippen LogP contribution in [-0.4, -0.2) is 28.5 Å². The fourth-order valence-electron chi connectivity index (χ4n) is 3.85. The zero-order valence-corrected chi connectivity index (χ0v) is 17.6. The third kappa shape index (κ3) is 4.72. The van der Waals surface area contributed by atoms with Crippen molar-refractivity contribution in [2.45, 2.75) is 31.2 Å². The second-order valence-corrected chi connectivity index (χ2v) is 8.13. The van der Waals surface area contributed by atoms with Gasteiger partial charge in [0.1, 0.15) is 5.60 Å². The molecule has 0 bridgehead atoms. The van der Waals surface area contributed by atoms with Gasteiger partial charge in [0.25, 0.3) is 0 Å². The molecule has 1 aliphatic rings. The molecule has 0 aromatic heterocycles. The number of rotatable bonds is 9. The largest absolute Gasteiger partial charge is 0.367 e. The molecule has 0 radical (unpaired) electrons. The maximum atomic E-state index is 6.05. The first kappa shape index (κ1) is 19.4. The molecule has 0 amide bonds. The molecule has 1 saturated heterocycles. The minimum Gasteiger partial charge on any atom is -0.367 e. The molecule has 1 fully saturated rings. The predicted octanol–water partition coefficient (Wildman–Crippen LogP) is 5.46. The van der Waals surface area contributed by atoms with Gasteiger partial charge in [-0.3, -0.25) is 4.90 Å². The highest BCUT2D eigenvalue weighted by atomic mass is 79.9. The van der Waals surface area contributed by atoms with E-state index in [0.717, 1.165) is 31.4 Å². The van der Waals surface area contributed by atoms with Crippen LogP contribution in [0.25, 0.3) is 0 Å². The van der Waals surface area contributed by atoms with E-state index in [-0.39, 0.29) is 5.60 Å². The molecule has 2 nitrogen and oxygen atoms in total. The highest BCUT2D eigenvalue weighted by Gasteiger charge is 2.52. The smallest absolute Gasteiger partial charge is 0.117 e. The number of hydrogen-bond donors (Lipinski definition) is 0. The van der Waals surface area contributed by atoms with Crippen molar-refractivity contribution < 1.29 is 4.74 Å². The van der Waals surface area contributed by atoms with Crippen LogP contribution in [0.2, 0.25) is 0 Å². The summed E-state index contributed by atoms with van der Waals surface area (Å²) >= 11 is 3.73. The lowest BCUT2D eigenvalue weighted by Gasteiger charge is -2.35. The second kappa shape index (κ2) is 9.04. The maximum Gasteiger partial charge on any atom is 0.117 e. The minimum atomic E-state index is -0.112. The Hall–Kier alpha value is -1.94. The summed E-state index contributed by atoms with van der Waals surface area (Å²) in [4.78, 5) is 2.59. The topological polar surface area (TPSA) is 15.8 Å². The summed E-state index contributed by atoms with van der Waals surface area (Å²) in [6.07, 6.45) is 0.978. The van der Waals surface area contributed by atoms with E-state index in [1.165, 1.54) is 16.7 Å². The molecule has 2 atom stereocenters. The van der Waals surface area contributed by atoms with Crippen molar-refractivity contribution in [1.29, 1.82) is 0 Å². The van der Waals surface area contributed by atoms with Crippen molar-refractivity contribution in [2.24, 2.45) is 0 Å². The van der Waals surface area contributed by atoms with Crippen LogP contribution in [0.1, 0.15) is 16.7 Å². The Bertz CT molecular complexity index is 808. The normalized spacial score (nSPS) is 19.5. The van der Waals surface area contributed by atoms with Crippen LogP contribution in [-0.2, 0) is 24.2 Å². The average molecular weight is 436 g/mol. The van der Waals surface area contributed by atoms with Gasteiger partial charge < -0.3 is 4.74 Å². The summed E-state index contributed by atoms with van der Waals surface area (Å²) in [6.45, 7) is 2.63. The monoisotopic (exact) mass is 435 g/mol. The van der Waals surface area contributed by atoms with Crippen LogP contribution in [0.15, 0.2) is 91.0 Å². The van der Waals surface area contributed by atoms with E-state index in [4.69, 9.17) is 4.74 Å². The SMILES string of the molecule is BrC[C@]1([C@H](Cc2ccccc2)N(Cc2ccccc2)Cc2ccccc2)CO1. The molecule has 0 spiro atoms. The molecule has 0 aliphatic carbocycles. The lowest BCUT2D eigenvalue weighted by Crippen LogP contribution is -2.47. The lowest BCUT2D eigenvalue weighted by atomic mass is 9.92. The van der Waals surface area contributed by atoms with Gasteiger partial charge in [-0.2, -0.15) is 0 Å². The number of benzene rings is 3. The Morgan fingerprint density at radius 2 is 1.18 bits per heavy atom. The van der Waals surface area contributed by atoms with Crippen molar-refractivity contribution in [2.75, 3.05) is 11.9 Å². The summed E-state index contributed by atoms with van der Waals surface area (Å²) in [6, 6.07) is 32.6. The van der Waals surface area contributed by atoms with Gasteiger partial charge in [-0.05, 0) is 23.1 Å². The summed E-state index contributed by atoms with van der Waals surface area (Å²) in [5.74, 6) is 0. The Labute approximate surface area is 176 Å². The highest BCUT2D eigenvalue weighted by molar-refractivity contribution is 9.09. The van der Waals surface area contributed by atoms with E-state index in [2.05, 4.69) is 112 Å². The number of alkyl halides is 1. The van der Waals surface area contributed by atoms with Gasteiger partial charge in [-0.15, -0.1) is 0 Å². The van der Waals surface area contributed by atoms with Gasteiger partial charge in [0.05, 0.1) is 6.61 Å². The van der Waals surface area contributed by atoms with Gasteiger partial charge in [0.2, 0.25) is 0 Å². The molecule has 144 valence electrons. The van der Waals surface area contributed by atoms with E-state index < -0.39 is 0 Å². The molecule has 0 saturated carbocycles. The van der Waals surface area contributed by atoms with Crippen LogP contribution in [0.4, 0.5) is 0 Å². The first-order valence-electron chi connectivity index (χ1n) is 9.85. The number of halogens is 1. The van der Waals surface area contributed by atoms with Crippen LogP contribution < -0.4 is 0 Å². The summed E-state index contributed by atoms with van der Waals surface area (Å²) in [5.41, 5.74) is 3.91. The molecular formula is C25H26BrNO. The van der Waals surface area contributed by atoms with E-state index in [1.54, 1.807) is 0 Å². The molecule has 0 N–H and O–H groups in total. The molecule has 1 heterocycles. The fraction of sp³-hybridized carbons (Fsp3) is 0.280. The average Bonchev–Trinajstić information content (AvgIpc) is 3.55. The van der Waals surface area contributed by atoms with Crippen LogP contribution >= 0.6 is 15.9 Å². The van der Waals surface area contributed by atoms with Gasteiger partial charge in [-0.1, -0.05) is 107 Å². The zero-order chi connectivity index (χ0) is 19.2. The molecule has 3 aromatic rings. The lowest BCUT2D eigenvalue weighted by molar-refractivity contribution is 0.104. The number of epoxide rings is 1. The first-order chi connectivity index (χ1) is 13.8. The first-order valence-corrected chi connectivity index (χ1v) is 11.0. The van der Waals surface area contributed by atoms with E-state index >= 15 is 0 Å². The third-order valence-corrected chi connectivity index (χ3v) is 6.47. The van der Waals surface area contributed by atoms with Crippen molar-refractivity contribution in [3.63, 3.8) is 0 Å². The summed E-state index contributed by atoms with van der Waals surface area (Å²) < 4.78 is 6.05. The molecule has 3 aromatic carbocycles. The Balaban J connectivity index is 1.65.